The van der Waals surface area contributed by atoms with Crippen LogP contribution in [0.4, 0.5) is 0 Å². The highest BCUT2D eigenvalue weighted by Crippen LogP contribution is 2.48. The first-order chi connectivity index (χ1) is 13.1. The largest absolute Gasteiger partial charge is 0.493 e. The highest BCUT2D eigenvalue weighted by atomic mass is 16.7. The van der Waals surface area contributed by atoms with Crippen LogP contribution in [0.3, 0.4) is 0 Å². The second kappa shape index (κ2) is 5.57. The Morgan fingerprint density at radius 2 is 1.78 bits per heavy atom. The van der Waals surface area contributed by atoms with Crippen LogP contribution < -0.4 is 23.7 Å². The minimum Gasteiger partial charge on any atom is -0.493 e. The number of methoxy groups -OCH3 is 2. The fourth-order valence-electron chi connectivity index (χ4n) is 3.51. The van der Waals surface area contributed by atoms with Crippen LogP contribution in [0.15, 0.2) is 41.0 Å². The third kappa shape index (κ3) is 2.17. The van der Waals surface area contributed by atoms with Crippen molar-refractivity contribution in [2.45, 2.75) is 12.2 Å². The van der Waals surface area contributed by atoms with Crippen LogP contribution in [0.25, 0.3) is 11.0 Å². The molecule has 1 atom stereocenters. The van der Waals surface area contributed by atoms with Crippen LogP contribution in [-0.2, 0) is 0 Å². The van der Waals surface area contributed by atoms with Crippen LogP contribution in [0.1, 0.15) is 16.8 Å². The van der Waals surface area contributed by atoms with Gasteiger partial charge in [0.2, 0.25) is 0 Å². The number of carbonyl (C=O) groups is 1. The number of furan rings is 1. The van der Waals surface area contributed by atoms with E-state index in [1.54, 1.807) is 43.7 Å². The molecule has 0 saturated carbocycles. The molecule has 1 aromatic heterocycles. The van der Waals surface area contributed by atoms with Crippen LogP contribution in [0.5, 0.6) is 28.7 Å². The molecule has 7 heteroatoms. The van der Waals surface area contributed by atoms with Gasteiger partial charge in [-0.25, -0.2) is 0 Å². The third-order valence-electron chi connectivity index (χ3n) is 4.86. The summed E-state index contributed by atoms with van der Waals surface area (Å²) in [7, 11) is 3.07. The quantitative estimate of drug-likeness (QED) is 0.684. The minimum atomic E-state index is -1.49. The second-order valence-electron chi connectivity index (χ2n) is 6.31. The number of ketones is 1. The zero-order chi connectivity index (χ0) is 18.6. The van der Waals surface area contributed by atoms with Gasteiger partial charge in [0, 0.05) is 12.1 Å². The molecule has 1 spiro atoms. The number of carbonyl (C=O) groups excluding carboxylic acids is 1. The molecule has 0 saturated heterocycles. The first-order valence-electron chi connectivity index (χ1n) is 8.47. The molecule has 2 aromatic carbocycles. The molecule has 2 aliphatic rings. The summed E-state index contributed by atoms with van der Waals surface area (Å²) in [5.74, 6) is 0.538. The lowest BCUT2D eigenvalue weighted by Crippen LogP contribution is -2.46. The van der Waals surface area contributed by atoms with Gasteiger partial charge in [-0.2, -0.15) is 0 Å². The van der Waals surface area contributed by atoms with Gasteiger partial charge < -0.3 is 28.1 Å². The van der Waals surface area contributed by atoms with Gasteiger partial charge in [-0.05, 0) is 18.2 Å². The van der Waals surface area contributed by atoms with Crippen LogP contribution in [0.2, 0.25) is 0 Å². The molecular formula is C20H16O7. The lowest BCUT2D eigenvalue weighted by molar-refractivity contribution is -0.0720. The zero-order valence-corrected chi connectivity index (χ0v) is 14.7. The van der Waals surface area contributed by atoms with Gasteiger partial charge in [0.1, 0.15) is 11.3 Å². The zero-order valence-electron chi connectivity index (χ0n) is 14.7. The number of fused-ring (bicyclic) bond motifs is 4. The van der Waals surface area contributed by atoms with Crippen molar-refractivity contribution in [2.75, 3.05) is 20.8 Å². The molecule has 0 amide bonds. The van der Waals surface area contributed by atoms with Gasteiger partial charge in [-0.1, -0.05) is 0 Å². The van der Waals surface area contributed by atoms with Crippen LogP contribution >= 0.6 is 0 Å². The Kier molecular flexibility index (Phi) is 3.28. The maximum Gasteiger partial charge on any atom is 0.319 e. The van der Waals surface area contributed by atoms with Gasteiger partial charge in [0.05, 0.1) is 44.5 Å². The Hall–Kier alpha value is -3.35. The van der Waals surface area contributed by atoms with Gasteiger partial charge in [0.25, 0.3) is 5.78 Å². The fourth-order valence-corrected chi connectivity index (χ4v) is 3.51. The SMILES string of the molecule is COc1cc2c(cc1OC)O[C@]1(CCO2)Oc2c(ccc3occc23)C1=O. The molecule has 138 valence electrons. The van der Waals surface area contributed by atoms with E-state index in [4.69, 9.17) is 28.1 Å². The molecule has 5 rings (SSSR count). The average Bonchev–Trinajstić information content (AvgIpc) is 3.20. The fraction of sp³-hybridized carbons (Fsp3) is 0.250. The number of benzene rings is 2. The van der Waals surface area contributed by atoms with Crippen molar-refractivity contribution in [2.24, 2.45) is 0 Å². The molecular weight excluding hydrogens is 352 g/mol. The lowest BCUT2D eigenvalue weighted by Gasteiger charge is -2.25. The molecule has 0 radical (unpaired) electrons. The minimum absolute atomic E-state index is 0.235. The summed E-state index contributed by atoms with van der Waals surface area (Å²) >= 11 is 0. The van der Waals surface area contributed by atoms with E-state index in [0.29, 0.717) is 39.9 Å². The van der Waals surface area contributed by atoms with Gasteiger partial charge in [0.15, 0.2) is 23.0 Å². The standard InChI is InChI=1S/C20H16O7/c1-22-14-9-16-17(10-15(14)23-2)26-20(6-8-25-16)19(21)12-3-4-13-11(5-7-24-13)18(12)27-20/h3-5,7,9-10H,6,8H2,1-2H3/t20-/m1/s1. The molecule has 0 aliphatic carbocycles. The third-order valence-corrected chi connectivity index (χ3v) is 4.86. The first-order valence-corrected chi connectivity index (χ1v) is 8.47. The molecule has 7 nitrogen and oxygen atoms in total. The smallest absolute Gasteiger partial charge is 0.319 e. The maximum atomic E-state index is 13.2. The second-order valence-corrected chi connectivity index (χ2v) is 6.31. The molecule has 3 aromatic rings. The van der Waals surface area contributed by atoms with Crippen LogP contribution in [-0.4, -0.2) is 32.4 Å². The van der Waals surface area contributed by atoms with Gasteiger partial charge in [-0.3, -0.25) is 4.79 Å². The van der Waals surface area contributed by atoms with E-state index in [2.05, 4.69) is 0 Å². The Morgan fingerprint density at radius 3 is 2.56 bits per heavy atom. The molecule has 3 heterocycles. The normalized spacial score (nSPS) is 20.3. The van der Waals surface area contributed by atoms with Crippen molar-refractivity contribution >= 4 is 16.8 Å². The number of rotatable bonds is 2. The highest BCUT2D eigenvalue weighted by molar-refractivity contribution is 6.11. The first kappa shape index (κ1) is 15.9. The van der Waals surface area contributed by atoms with Crippen molar-refractivity contribution in [1.29, 1.82) is 0 Å². The number of hydrogen-bond donors (Lipinski definition) is 0. The molecule has 0 unspecified atom stereocenters. The summed E-state index contributed by atoms with van der Waals surface area (Å²) < 4.78 is 34.0. The predicted octanol–water partition coefficient (Wildman–Crippen LogP) is 3.58. The summed E-state index contributed by atoms with van der Waals surface area (Å²) in [6, 6.07) is 8.53. The van der Waals surface area contributed by atoms with Crippen molar-refractivity contribution in [3.63, 3.8) is 0 Å². The van der Waals surface area contributed by atoms with E-state index in [9.17, 15) is 4.79 Å². The van der Waals surface area contributed by atoms with E-state index < -0.39 is 5.79 Å². The predicted molar refractivity (Wildman–Crippen MR) is 94.2 cm³/mol. The van der Waals surface area contributed by atoms with Gasteiger partial charge >= 0.3 is 5.79 Å². The molecule has 0 N–H and O–H groups in total. The van der Waals surface area contributed by atoms with E-state index >= 15 is 0 Å². The number of hydrogen-bond acceptors (Lipinski definition) is 7. The van der Waals surface area contributed by atoms with Crippen LogP contribution in [0, 0.1) is 0 Å². The molecule has 2 aliphatic heterocycles. The Bertz CT molecular complexity index is 1070. The highest BCUT2D eigenvalue weighted by Gasteiger charge is 2.52. The van der Waals surface area contributed by atoms with E-state index in [1.807, 2.05) is 0 Å². The molecule has 27 heavy (non-hydrogen) atoms. The monoisotopic (exact) mass is 368 g/mol. The molecule has 0 fully saturated rings. The lowest BCUT2D eigenvalue weighted by atomic mass is 10.0. The van der Waals surface area contributed by atoms with E-state index in [1.165, 1.54) is 7.11 Å². The summed E-state index contributed by atoms with van der Waals surface area (Å²) in [6.07, 6.45) is 1.80. The summed E-state index contributed by atoms with van der Waals surface area (Å²) in [4.78, 5) is 13.2. The van der Waals surface area contributed by atoms with Crippen molar-refractivity contribution < 1.29 is 32.9 Å². The van der Waals surface area contributed by atoms with Crippen molar-refractivity contribution in [3.8, 4) is 28.7 Å². The molecule has 0 bridgehead atoms. The van der Waals surface area contributed by atoms with Crippen molar-refractivity contribution in [3.05, 3.63) is 42.2 Å². The number of ether oxygens (including phenoxy) is 5. The van der Waals surface area contributed by atoms with Crippen molar-refractivity contribution in [1.82, 2.24) is 0 Å². The number of Topliss-reactive ketones (excluding diaryl/α,β-unsaturated/α-hetero) is 1. The topological polar surface area (TPSA) is 76.4 Å². The maximum absolute atomic E-state index is 13.2. The average molecular weight is 368 g/mol. The Labute approximate surface area is 154 Å². The van der Waals surface area contributed by atoms with Gasteiger partial charge in [-0.15, -0.1) is 0 Å². The Balaban J connectivity index is 1.61. The summed E-state index contributed by atoms with van der Waals surface area (Å²) in [5, 5.41) is 0.735. The van der Waals surface area contributed by atoms with E-state index in [-0.39, 0.29) is 18.8 Å². The Morgan fingerprint density at radius 1 is 1.00 bits per heavy atom. The van der Waals surface area contributed by atoms with E-state index in [0.717, 1.165) is 5.39 Å². The summed E-state index contributed by atoms with van der Waals surface area (Å²) in [6.45, 7) is 0.247. The summed E-state index contributed by atoms with van der Waals surface area (Å²) in [5.41, 5.74) is 1.11.